The SMILES string of the molecule is CC(C)(CC(N)=O)NC(=O)N1CC(=O)NCC1C(=O)O. The summed E-state index contributed by atoms with van der Waals surface area (Å²) in [6.07, 6.45) is -0.101. The smallest absolute Gasteiger partial charge is 0.328 e. The molecular weight excluding hydrogens is 268 g/mol. The monoisotopic (exact) mass is 286 g/mol. The molecule has 0 aromatic rings. The van der Waals surface area contributed by atoms with E-state index < -0.39 is 35.4 Å². The molecule has 0 aliphatic carbocycles. The lowest BCUT2D eigenvalue weighted by Crippen LogP contribution is -2.63. The van der Waals surface area contributed by atoms with Crippen LogP contribution in [0.2, 0.25) is 0 Å². The Morgan fingerprint density at radius 2 is 2.10 bits per heavy atom. The number of amides is 4. The molecule has 112 valence electrons. The second-order valence-electron chi connectivity index (χ2n) is 5.24. The minimum absolute atomic E-state index is 0.101. The second-order valence-corrected chi connectivity index (χ2v) is 5.24. The van der Waals surface area contributed by atoms with Crippen molar-refractivity contribution in [3.63, 3.8) is 0 Å². The Morgan fingerprint density at radius 1 is 1.50 bits per heavy atom. The average Bonchev–Trinajstić information content (AvgIpc) is 2.25. The summed E-state index contributed by atoms with van der Waals surface area (Å²) >= 11 is 0. The van der Waals surface area contributed by atoms with Gasteiger partial charge in [-0.3, -0.25) is 14.5 Å². The van der Waals surface area contributed by atoms with Gasteiger partial charge in [-0.05, 0) is 13.8 Å². The first kappa shape index (κ1) is 15.7. The number of carbonyl (C=O) groups is 4. The molecule has 9 heteroatoms. The maximum absolute atomic E-state index is 12.1. The number of carboxylic acids is 1. The first-order valence-corrected chi connectivity index (χ1v) is 5.99. The number of hydrogen-bond donors (Lipinski definition) is 4. The Morgan fingerprint density at radius 3 is 2.60 bits per heavy atom. The fourth-order valence-electron chi connectivity index (χ4n) is 1.92. The first-order chi connectivity index (χ1) is 9.12. The van der Waals surface area contributed by atoms with E-state index in [9.17, 15) is 19.2 Å². The molecule has 1 saturated heterocycles. The molecule has 9 nitrogen and oxygen atoms in total. The molecule has 1 heterocycles. The molecule has 1 aliphatic rings. The summed E-state index contributed by atoms with van der Waals surface area (Å²) in [5, 5.41) is 13.9. The Bertz CT molecular complexity index is 448. The van der Waals surface area contributed by atoms with Crippen LogP contribution in [0.4, 0.5) is 4.79 Å². The van der Waals surface area contributed by atoms with Crippen molar-refractivity contribution in [1.29, 1.82) is 0 Å². The maximum Gasteiger partial charge on any atom is 0.328 e. The molecule has 0 aromatic heterocycles. The minimum Gasteiger partial charge on any atom is -0.480 e. The maximum atomic E-state index is 12.1. The summed E-state index contributed by atoms with van der Waals surface area (Å²) in [6.45, 7) is 2.65. The number of nitrogens with zero attached hydrogens (tertiary/aromatic N) is 1. The van der Waals surface area contributed by atoms with Crippen LogP contribution < -0.4 is 16.4 Å². The highest BCUT2D eigenvalue weighted by atomic mass is 16.4. The molecule has 1 rings (SSSR count). The van der Waals surface area contributed by atoms with E-state index in [1.165, 1.54) is 0 Å². The Hall–Kier alpha value is -2.32. The lowest BCUT2D eigenvalue weighted by molar-refractivity contribution is -0.144. The zero-order valence-corrected chi connectivity index (χ0v) is 11.3. The highest BCUT2D eigenvalue weighted by Gasteiger charge is 2.37. The molecular formula is C11H18N4O5. The molecule has 1 fully saturated rings. The van der Waals surface area contributed by atoms with Crippen LogP contribution in [0.1, 0.15) is 20.3 Å². The van der Waals surface area contributed by atoms with Crippen LogP contribution in [-0.4, -0.2) is 58.5 Å². The predicted octanol–water partition coefficient (Wildman–Crippen LogP) is -1.76. The van der Waals surface area contributed by atoms with Crippen LogP contribution in [-0.2, 0) is 14.4 Å². The van der Waals surface area contributed by atoms with Gasteiger partial charge in [-0.2, -0.15) is 0 Å². The van der Waals surface area contributed by atoms with Gasteiger partial charge in [-0.25, -0.2) is 9.59 Å². The standard InChI is InChI=1S/C11H18N4O5/c1-11(2,3-7(12)16)14-10(20)15-5-8(17)13-4-6(15)9(18)19/h6H,3-5H2,1-2H3,(H2,12,16)(H,13,17)(H,14,20)(H,18,19). The summed E-state index contributed by atoms with van der Waals surface area (Å²) in [4.78, 5) is 46.3. The molecule has 1 unspecified atom stereocenters. The highest BCUT2D eigenvalue weighted by molar-refractivity contribution is 5.91. The topological polar surface area (TPSA) is 142 Å². The van der Waals surface area contributed by atoms with Crippen molar-refractivity contribution in [3.05, 3.63) is 0 Å². The van der Waals surface area contributed by atoms with Crippen molar-refractivity contribution in [1.82, 2.24) is 15.5 Å². The van der Waals surface area contributed by atoms with E-state index in [0.717, 1.165) is 4.90 Å². The lowest BCUT2D eigenvalue weighted by atomic mass is 10.0. The van der Waals surface area contributed by atoms with Crippen LogP contribution in [0.15, 0.2) is 0 Å². The lowest BCUT2D eigenvalue weighted by Gasteiger charge is -2.35. The Balaban J connectivity index is 2.79. The van der Waals surface area contributed by atoms with Crippen molar-refractivity contribution < 1.29 is 24.3 Å². The van der Waals surface area contributed by atoms with Crippen LogP contribution in [0.5, 0.6) is 0 Å². The molecule has 0 spiro atoms. The van der Waals surface area contributed by atoms with Crippen LogP contribution in [0, 0.1) is 0 Å². The van der Waals surface area contributed by atoms with E-state index >= 15 is 0 Å². The summed E-state index contributed by atoms with van der Waals surface area (Å²) in [5.41, 5.74) is 4.14. The normalized spacial score (nSPS) is 19.2. The number of hydrogen-bond acceptors (Lipinski definition) is 4. The molecule has 1 aliphatic heterocycles. The predicted molar refractivity (Wildman–Crippen MR) is 67.6 cm³/mol. The second kappa shape index (κ2) is 5.76. The Kier molecular flexibility index (Phi) is 4.53. The zero-order chi connectivity index (χ0) is 15.5. The van der Waals surface area contributed by atoms with Crippen molar-refractivity contribution in [2.24, 2.45) is 5.73 Å². The van der Waals surface area contributed by atoms with Gasteiger partial charge >= 0.3 is 12.0 Å². The number of urea groups is 1. The number of primary amides is 1. The molecule has 0 radical (unpaired) electrons. The summed E-state index contributed by atoms with van der Waals surface area (Å²) in [6, 6.07) is -1.87. The summed E-state index contributed by atoms with van der Waals surface area (Å²) in [5.74, 6) is -2.25. The molecule has 20 heavy (non-hydrogen) atoms. The number of nitrogens with two attached hydrogens (primary N) is 1. The third-order valence-corrected chi connectivity index (χ3v) is 2.79. The molecule has 1 atom stereocenters. The summed E-state index contributed by atoms with van der Waals surface area (Å²) < 4.78 is 0. The first-order valence-electron chi connectivity index (χ1n) is 5.99. The van der Waals surface area contributed by atoms with Gasteiger partial charge < -0.3 is 21.5 Å². The number of aliphatic carboxylic acids is 1. The highest BCUT2D eigenvalue weighted by Crippen LogP contribution is 2.11. The third kappa shape index (κ3) is 4.11. The van der Waals surface area contributed by atoms with Gasteiger partial charge in [0.25, 0.3) is 0 Å². The van der Waals surface area contributed by atoms with E-state index in [1.54, 1.807) is 13.8 Å². The molecule has 4 amide bonds. The van der Waals surface area contributed by atoms with Gasteiger partial charge in [-0.15, -0.1) is 0 Å². The number of nitrogens with one attached hydrogen (secondary N) is 2. The third-order valence-electron chi connectivity index (χ3n) is 2.79. The fraction of sp³-hybridized carbons (Fsp3) is 0.636. The molecule has 0 bridgehead atoms. The molecule has 5 N–H and O–H groups in total. The van der Waals surface area contributed by atoms with Crippen LogP contribution in [0.3, 0.4) is 0 Å². The molecule has 0 saturated carbocycles. The van der Waals surface area contributed by atoms with Crippen LogP contribution >= 0.6 is 0 Å². The van der Waals surface area contributed by atoms with Gasteiger partial charge in [-0.1, -0.05) is 0 Å². The van der Waals surface area contributed by atoms with Crippen LogP contribution in [0.25, 0.3) is 0 Å². The zero-order valence-electron chi connectivity index (χ0n) is 11.3. The quantitative estimate of drug-likeness (QED) is 0.484. The number of carboxylic acid groups (broad SMARTS) is 1. The summed E-state index contributed by atoms with van der Waals surface area (Å²) in [7, 11) is 0. The Labute approximate surface area is 115 Å². The van der Waals surface area contributed by atoms with E-state index in [2.05, 4.69) is 10.6 Å². The van der Waals surface area contributed by atoms with Crippen molar-refractivity contribution in [2.45, 2.75) is 31.8 Å². The van der Waals surface area contributed by atoms with Crippen molar-refractivity contribution >= 4 is 23.8 Å². The largest absolute Gasteiger partial charge is 0.480 e. The van der Waals surface area contributed by atoms with Crippen molar-refractivity contribution in [2.75, 3.05) is 13.1 Å². The average molecular weight is 286 g/mol. The van der Waals surface area contributed by atoms with Gasteiger partial charge in [0.1, 0.15) is 12.6 Å². The van der Waals surface area contributed by atoms with E-state index in [-0.39, 0.29) is 19.5 Å². The van der Waals surface area contributed by atoms with Gasteiger partial charge in [0.15, 0.2) is 0 Å². The van der Waals surface area contributed by atoms with E-state index in [1.807, 2.05) is 0 Å². The molecule has 0 aromatic carbocycles. The number of piperazine rings is 1. The number of carbonyl (C=O) groups excluding carboxylic acids is 3. The van der Waals surface area contributed by atoms with Gasteiger partial charge in [0, 0.05) is 18.5 Å². The minimum atomic E-state index is -1.21. The fourth-order valence-corrected chi connectivity index (χ4v) is 1.92. The van der Waals surface area contributed by atoms with Crippen molar-refractivity contribution in [3.8, 4) is 0 Å². The van der Waals surface area contributed by atoms with Gasteiger partial charge in [0.05, 0.1) is 0 Å². The van der Waals surface area contributed by atoms with Gasteiger partial charge in [0.2, 0.25) is 11.8 Å². The number of rotatable bonds is 4. The van der Waals surface area contributed by atoms with E-state index in [4.69, 9.17) is 10.8 Å². The van der Waals surface area contributed by atoms with E-state index in [0.29, 0.717) is 0 Å².